The lowest BCUT2D eigenvalue weighted by Crippen LogP contribution is -2.43. The molecule has 1 aliphatic rings. The molecule has 5 heteroatoms. The molecule has 0 saturated carbocycles. The molecule has 0 aromatic rings. The Morgan fingerprint density at radius 1 is 1.12 bits per heavy atom. The van der Waals surface area contributed by atoms with E-state index in [9.17, 15) is 9.59 Å². The number of amides is 2. The summed E-state index contributed by atoms with van der Waals surface area (Å²) in [6.45, 7) is 4.92. The second-order valence-electron chi connectivity index (χ2n) is 4.39. The fraction of sp³-hybridized carbons (Fsp3) is 0.833. The fourth-order valence-corrected chi connectivity index (χ4v) is 1.86. The van der Waals surface area contributed by atoms with E-state index in [1.54, 1.807) is 0 Å². The Bertz CT molecular complexity index is 250. The van der Waals surface area contributed by atoms with Gasteiger partial charge in [0.05, 0.1) is 13.1 Å². The minimum absolute atomic E-state index is 0.0432. The van der Waals surface area contributed by atoms with E-state index in [1.165, 1.54) is 6.42 Å². The number of nitrogens with zero attached hydrogens (tertiary/aromatic N) is 1. The average molecular weight is 241 g/mol. The average Bonchev–Trinajstić information content (AvgIpc) is 2.37. The minimum Gasteiger partial charge on any atom is -0.355 e. The van der Waals surface area contributed by atoms with Crippen LogP contribution in [0.5, 0.6) is 0 Å². The summed E-state index contributed by atoms with van der Waals surface area (Å²) < 4.78 is 0. The number of carbonyl (C=O) groups excluding carboxylic acids is 2. The number of hydrogen-bond donors (Lipinski definition) is 2. The molecule has 0 radical (unpaired) electrons. The summed E-state index contributed by atoms with van der Waals surface area (Å²) >= 11 is 0. The highest BCUT2D eigenvalue weighted by Crippen LogP contribution is 2.07. The molecule has 1 saturated heterocycles. The lowest BCUT2D eigenvalue weighted by molar-refractivity contribution is -0.131. The van der Waals surface area contributed by atoms with Crippen molar-refractivity contribution in [3.63, 3.8) is 0 Å². The van der Waals surface area contributed by atoms with Gasteiger partial charge in [0.2, 0.25) is 11.8 Å². The van der Waals surface area contributed by atoms with Gasteiger partial charge < -0.3 is 10.2 Å². The van der Waals surface area contributed by atoms with Crippen LogP contribution in [-0.2, 0) is 9.59 Å². The molecule has 2 N–H and O–H groups in total. The van der Waals surface area contributed by atoms with Crippen molar-refractivity contribution < 1.29 is 9.59 Å². The van der Waals surface area contributed by atoms with Gasteiger partial charge in [0.15, 0.2) is 0 Å². The normalized spacial score (nSPS) is 15.7. The Morgan fingerprint density at radius 2 is 1.82 bits per heavy atom. The quantitative estimate of drug-likeness (QED) is 0.694. The Hall–Kier alpha value is -1.10. The predicted octanol–water partition coefficient (Wildman–Crippen LogP) is 0.115. The van der Waals surface area contributed by atoms with Crippen LogP contribution in [0.1, 0.15) is 32.6 Å². The highest BCUT2D eigenvalue weighted by atomic mass is 16.2. The third kappa shape index (κ3) is 5.68. The maximum Gasteiger partial charge on any atom is 0.236 e. The number of hydrogen-bond acceptors (Lipinski definition) is 3. The number of piperidine rings is 1. The van der Waals surface area contributed by atoms with Crippen molar-refractivity contribution in [1.82, 2.24) is 15.5 Å². The fourth-order valence-electron chi connectivity index (χ4n) is 1.86. The van der Waals surface area contributed by atoms with Gasteiger partial charge in [0.1, 0.15) is 0 Å². The second-order valence-corrected chi connectivity index (χ2v) is 4.39. The Labute approximate surface area is 103 Å². The number of likely N-dealkylation sites (tertiary alicyclic amines) is 1. The number of nitrogens with one attached hydrogen (secondary N) is 2. The molecule has 1 rings (SSSR count). The summed E-state index contributed by atoms with van der Waals surface area (Å²) in [6.07, 6.45) is 4.35. The SMILES string of the molecule is CCCNC(=O)CNCC(=O)N1CCCCC1. The van der Waals surface area contributed by atoms with Crippen molar-refractivity contribution in [3.8, 4) is 0 Å². The summed E-state index contributed by atoms with van der Waals surface area (Å²) in [4.78, 5) is 24.9. The largest absolute Gasteiger partial charge is 0.355 e. The topological polar surface area (TPSA) is 61.4 Å². The number of carbonyl (C=O) groups is 2. The van der Waals surface area contributed by atoms with Crippen molar-refractivity contribution >= 4 is 11.8 Å². The molecule has 1 heterocycles. The molecule has 17 heavy (non-hydrogen) atoms. The molecule has 0 unspecified atom stereocenters. The third-order valence-electron chi connectivity index (χ3n) is 2.84. The molecule has 0 spiro atoms. The zero-order valence-corrected chi connectivity index (χ0v) is 10.6. The molecule has 0 atom stereocenters. The standard InChI is InChI=1S/C12H23N3O2/c1-2-6-14-11(16)9-13-10-12(17)15-7-4-3-5-8-15/h13H,2-10H2,1H3,(H,14,16). The van der Waals surface area contributed by atoms with Crippen LogP contribution in [0.2, 0.25) is 0 Å². The molecule has 1 fully saturated rings. The first-order chi connectivity index (χ1) is 8.24. The van der Waals surface area contributed by atoms with Crippen LogP contribution in [0.15, 0.2) is 0 Å². The highest BCUT2D eigenvalue weighted by molar-refractivity contribution is 5.81. The molecule has 0 aromatic heterocycles. The van der Waals surface area contributed by atoms with Crippen LogP contribution in [0.25, 0.3) is 0 Å². The first-order valence-corrected chi connectivity index (χ1v) is 6.49. The van der Waals surface area contributed by atoms with Gasteiger partial charge in [0, 0.05) is 19.6 Å². The van der Waals surface area contributed by atoms with Crippen LogP contribution < -0.4 is 10.6 Å². The van der Waals surface area contributed by atoms with Gasteiger partial charge >= 0.3 is 0 Å². The highest BCUT2D eigenvalue weighted by Gasteiger charge is 2.15. The molecule has 1 aliphatic heterocycles. The van der Waals surface area contributed by atoms with E-state index in [0.717, 1.165) is 32.4 Å². The second kappa shape index (κ2) is 8.06. The molecule has 0 bridgehead atoms. The summed E-state index contributed by atoms with van der Waals surface area (Å²) in [5.74, 6) is 0.0614. The molecular formula is C12H23N3O2. The van der Waals surface area contributed by atoms with Gasteiger partial charge in [-0.2, -0.15) is 0 Å². The smallest absolute Gasteiger partial charge is 0.236 e. The van der Waals surface area contributed by atoms with Gasteiger partial charge in [-0.05, 0) is 25.7 Å². The van der Waals surface area contributed by atoms with E-state index in [1.807, 2.05) is 11.8 Å². The summed E-state index contributed by atoms with van der Waals surface area (Å²) in [5.41, 5.74) is 0. The van der Waals surface area contributed by atoms with Crippen LogP contribution in [0.4, 0.5) is 0 Å². The van der Waals surface area contributed by atoms with Gasteiger partial charge in [-0.1, -0.05) is 6.92 Å². The molecule has 98 valence electrons. The molecule has 0 aliphatic carbocycles. The lowest BCUT2D eigenvalue weighted by Gasteiger charge is -2.26. The van der Waals surface area contributed by atoms with E-state index in [-0.39, 0.29) is 24.9 Å². The summed E-state index contributed by atoms with van der Waals surface area (Å²) in [6, 6.07) is 0. The first kappa shape index (κ1) is 14.0. The van der Waals surface area contributed by atoms with E-state index < -0.39 is 0 Å². The van der Waals surface area contributed by atoms with Crippen molar-refractivity contribution in [2.45, 2.75) is 32.6 Å². The minimum atomic E-state index is -0.0432. The Morgan fingerprint density at radius 3 is 2.47 bits per heavy atom. The van der Waals surface area contributed by atoms with Crippen molar-refractivity contribution in [3.05, 3.63) is 0 Å². The first-order valence-electron chi connectivity index (χ1n) is 6.49. The summed E-state index contributed by atoms with van der Waals surface area (Å²) in [7, 11) is 0. The van der Waals surface area contributed by atoms with Crippen LogP contribution >= 0.6 is 0 Å². The van der Waals surface area contributed by atoms with Crippen molar-refractivity contribution in [1.29, 1.82) is 0 Å². The molecule has 0 aromatic carbocycles. The van der Waals surface area contributed by atoms with Gasteiger partial charge in [-0.25, -0.2) is 0 Å². The van der Waals surface area contributed by atoms with Crippen molar-refractivity contribution in [2.75, 3.05) is 32.7 Å². The van der Waals surface area contributed by atoms with E-state index in [2.05, 4.69) is 10.6 Å². The summed E-state index contributed by atoms with van der Waals surface area (Å²) in [5, 5.41) is 5.65. The Balaban J connectivity index is 2.08. The Kier molecular flexibility index (Phi) is 6.62. The van der Waals surface area contributed by atoms with Gasteiger partial charge in [0.25, 0.3) is 0 Å². The molecular weight excluding hydrogens is 218 g/mol. The van der Waals surface area contributed by atoms with Crippen LogP contribution in [0, 0.1) is 0 Å². The van der Waals surface area contributed by atoms with E-state index in [0.29, 0.717) is 6.54 Å². The van der Waals surface area contributed by atoms with Gasteiger partial charge in [-0.3, -0.25) is 14.9 Å². The van der Waals surface area contributed by atoms with Crippen LogP contribution in [0.3, 0.4) is 0 Å². The lowest BCUT2D eigenvalue weighted by atomic mass is 10.1. The maximum absolute atomic E-state index is 11.7. The van der Waals surface area contributed by atoms with Gasteiger partial charge in [-0.15, -0.1) is 0 Å². The maximum atomic E-state index is 11.7. The predicted molar refractivity (Wildman–Crippen MR) is 66.6 cm³/mol. The van der Waals surface area contributed by atoms with E-state index in [4.69, 9.17) is 0 Å². The zero-order valence-electron chi connectivity index (χ0n) is 10.6. The zero-order chi connectivity index (χ0) is 12.5. The number of rotatable bonds is 6. The monoisotopic (exact) mass is 241 g/mol. The van der Waals surface area contributed by atoms with Crippen molar-refractivity contribution in [2.24, 2.45) is 0 Å². The molecule has 2 amide bonds. The van der Waals surface area contributed by atoms with E-state index >= 15 is 0 Å². The molecule has 5 nitrogen and oxygen atoms in total. The third-order valence-corrected chi connectivity index (χ3v) is 2.84. The van der Waals surface area contributed by atoms with Crippen LogP contribution in [-0.4, -0.2) is 49.4 Å².